The van der Waals surface area contributed by atoms with Gasteiger partial charge < -0.3 is 4.90 Å². The summed E-state index contributed by atoms with van der Waals surface area (Å²) in [5.74, 6) is 0.0351. The van der Waals surface area contributed by atoms with Gasteiger partial charge in [0.15, 0.2) is 5.65 Å². The zero-order valence-electron chi connectivity index (χ0n) is 12.4. The van der Waals surface area contributed by atoms with Gasteiger partial charge in [0, 0.05) is 36.1 Å². The second kappa shape index (κ2) is 5.35. The number of aromatic nitrogens is 3. The highest BCUT2D eigenvalue weighted by Gasteiger charge is 2.28. The maximum absolute atomic E-state index is 12.5. The highest BCUT2D eigenvalue weighted by Crippen LogP contribution is 2.20. The highest BCUT2D eigenvalue weighted by molar-refractivity contribution is 5.79. The number of aryl methyl sites for hydroxylation is 1. The Morgan fingerprint density at radius 1 is 1.52 bits per heavy atom. The fraction of sp³-hybridized carbons (Fsp3) is 0.533. The van der Waals surface area contributed by atoms with Gasteiger partial charge in [0.1, 0.15) is 0 Å². The third kappa shape index (κ3) is 2.34. The Morgan fingerprint density at radius 2 is 2.33 bits per heavy atom. The molecule has 1 N–H and O–H groups in total. The van der Waals surface area contributed by atoms with Crippen molar-refractivity contribution in [1.29, 1.82) is 0 Å². The molecule has 0 radical (unpaired) electrons. The summed E-state index contributed by atoms with van der Waals surface area (Å²) >= 11 is 0. The molecule has 1 unspecified atom stereocenters. The number of hydrogen-bond donors (Lipinski definition) is 1. The Kier molecular flexibility index (Phi) is 3.53. The van der Waals surface area contributed by atoms with Crippen molar-refractivity contribution in [3.8, 4) is 0 Å². The molecule has 0 aliphatic carbocycles. The van der Waals surface area contributed by atoms with Crippen LogP contribution in [0.4, 0.5) is 0 Å². The third-order valence-corrected chi connectivity index (χ3v) is 4.34. The van der Waals surface area contributed by atoms with Crippen molar-refractivity contribution >= 4 is 11.6 Å². The molecule has 21 heavy (non-hydrogen) atoms. The van der Waals surface area contributed by atoms with Gasteiger partial charge in [0.05, 0.1) is 6.42 Å². The molecule has 2 aromatic rings. The molecule has 1 fully saturated rings. The van der Waals surface area contributed by atoms with Gasteiger partial charge in [-0.3, -0.25) is 14.7 Å². The fourth-order valence-electron chi connectivity index (χ4n) is 3.15. The minimum absolute atomic E-state index is 0.0351. The lowest BCUT2D eigenvalue weighted by Crippen LogP contribution is -2.37. The number of likely N-dealkylation sites (tertiary alicyclic amines) is 1. The van der Waals surface area contributed by atoms with Crippen LogP contribution in [0.1, 0.15) is 37.4 Å². The van der Waals surface area contributed by atoms with Crippen molar-refractivity contribution in [2.75, 3.05) is 6.54 Å². The van der Waals surface area contributed by atoms with Gasteiger partial charge >= 0.3 is 0 Å². The smallest absolute Gasteiger partial charge is 0.276 e. The van der Waals surface area contributed by atoms with E-state index >= 15 is 0 Å². The number of carbonyl (C=O) groups excluding carboxylic acids is 1. The Hall–Kier alpha value is -2.11. The van der Waals surface area contributed by atoms with Gasteiger partial charge in [0.2, 0.25) is 5.91 Å². The molecule has 3 heterocycles. The van der Waals surface area contributed by atoms with Crippen molar-refractivity contribution in [3.63, 3.8) is 0 Å². The van der Waals surface area contributed by atoms with Gasteiger partial charge in [-0.1, -0.05) is 6.92 Å². The van der Waals surface area contributed by atoms with Crippen molar-refractivity contribution in [1.82, 2.24) is 19.5 Å². The third-order valence-electron chi connectivity index (χ3n) is 4.34. The first-order chi connectivity index (χ1) is 10.1. The maximum Gasteiger partial charge on any atom is 0.276 e. The average molecular weight is 288 g/mol. The second-order valence-corrected chi connectivity index (χ2v) is 5.61. The molecule has 3 rings (SSSR count). The normalized spacial score (nSPS) is 18.6. The Balaban J connectivity index is 1.91. The van der Waals surface area contributed by atoms with E-state index in [-0.39, 0.29) is 17.9 Å². The molecule has 6 nitrogen and oxygen atoms in total. The van der Waals surface area contributed by atoms with Crippen LogP contribution in [0.25, 0.3) is 5.65 Å². The number of nitrogens with one attached hydrogen (secondary N) is 1. The molecule has 1 aliphatic heterocycles. The molecule has 1 amide bonds. The molecule has 112 valence electrons. The number of H-pyrrole nitrogens is 1. The topological polar surface area (TPSA) is 70.5 Å². The number of nitrogens with zero attached hydrogens (tertiary/aromatic N) is 3. The molecule has 0 saturated carbocycles. The summed E-state index contributed by atoms with van der Waals surface area (Å²) < 4.78 is 1.39. The minimum atomic E-state index is -0.178. The molecule has 2 aromatic heterocycles. The number of aromatic amines is 1. The van der Waals surface area contributed by atoms with Crippen LogP contribution in [0.15, 0.2) is 17.1 Å². The van der Waals surface area contributed by atoms with E-state index in [4.69, 9.17) is 0 Å². The van der Waals surface area contributed by atoms with Gasteiger partial charge in [-0.25, -0.2) is 9.50 Å². The minimum Gasteiger partial charge on any atom is -0.339 e. The summed E-state index contributed by atoms with van der Waals surface area (Å²) in [6.07, 6.45) is 4.89. The van der Waals surface area contributed by atoms with E-state index in [0.717, 1.165) is 25.8 Å². The molecule has 6 heteroatoms. The second-order valence-electron chi connectivity index (χ2n) is 5.61. The summed E-state index contributed by atoms with van der Waals surface area (Å²) in [4.78, 5) is 31.2. The van der Waals surface area contributed by atoms with Crippen molar-refractivity contribution in [2.24, 2.45) is 0 Å². The Labute approximate surface area is 122 Å². The zero-order chi connectivity index (χ0) is 15.0. The molecular weight excluding hydrogens is 268 g/mol. The van der Waals surface area contributed by atoms with Crippen molar-refractivity contribution < 1.29 is 4.79 Å². The Morgan fingerprint density at radius 3 is 3.10 bits per heavy atom. The van der Waals surface area contributed by atoms with Crippen LogP contribution in [0.5, 0.6) is 0 Å². The van der Waals surface area contributed by atoms with Crippen molar-refractivity contribution in [3.05, 3.63) is 33.9 Å². The number of carbonyl (C=O) groups is 1. The average Bonchev–Trinajstić information content (AvgIpc) is 3.11. The van der Waals surface area contributed by atoms with E-state index in [2.05, 4.69) is 17.0 Å². The summed E-state index contributed by atoms with van der Waals surface area (Å²) in [6, 6.07) is 2.07. The van der Waals surface area contributed by atoms with Crippen molar-refractivity contribution in [2.45, 2.75) is 45.6 Å². The molecule has 0 aromatic carbocycles. The number of fused-ring (bicyclic) bond motifs is 1. The van der Waals surface area contributed by atoms with Gasteiger partial charge in [0.25, 0.3) is 5.56 Å². The Bertz CT molecular complexity index is 731. The molecular formula is C15H20N4O2. The van der Waals surface area contributed by atoms with Gasteiger partial charge in [-0.2, -0.15) is 0 Å². The van der Waals surface area contributed by atoms with E-state index in [1.165, 1.54) is 4.52 Å². The first-order valence-corrected chi connectivity index (χ1v) is 7.47. The fourth-order valence-corrected chi connectivity index (χ4v) is 3.15. The van der Waals surface area contributed by atoms with Crippen LogP contribution in [0, 0.1) is 6.92 Å². The number of amides is 1. The molecule has 0 bridgehead atoms. The van der Waals surface area contributed by atoms with E-state index in [1.54, 1.807) is 19.2 Å². The predicted octanol–water partition coefficient (Wildman–Crippen LogP) is 1.27. The molecule has 1 aliphatic rings. The van der Waals surface area contributed by atoms with Crippen LogP contribution in [-0.2, 0) is 11.2 Å². The van der Waals surface area contributed by atoms with Gasteiger partial charge in [-0.05, 0) is 26.2 Å². The first kappa shape index (κ1) is 13.9. The molecule has 1 atom stereocenters. The molecule has 1 saturated heterocycles. The van der Waals surface area contributed by atoms with E-state index < -0.39 is 0 Å². The quantitative estimate of drug-likeness (QED) is 0.924. The summed E-state index contributed by atoms with van der Waals surface area (Å²) in [7, 11) is 0. The van der Waals surface area contributed by atoms with Gasteiger partial charge in [-0.15, -0.1) is 0 Å². The summed E-state index contributed by atoms with van der Waals surface area (Å²) in [5, 5.41) is 2.83. The monoisotopic (exact) mass is 288 g/mol. The maximum atomic E-state index is 12.5. The van der Waals surface area contributed by atoms with Crippen LogP contribution < -0.4 is 5.56 Å². The van der Waals surface area contributed by atoms with Crippen LogP contribution in [0.2, 0.25) is 0 Å². The highest BCUT2D eigenvalue weighted by atomic mass is 16.2. The predicted molar refractivity (Wildman–Crippen MR) is 79.3 cm³/mol. The lowest BCUT2D eigenvalue weighted by molar-refractivity contribution is -0.131. The SMILES string of the molecule is CCC1CCCN1C(=O)Cc1c(C)nc2cc[nH]n2c1=O. The van der Waals surface area contributed by atoms with E-state index in [9.17, 15) is 9.59 Å². The summed E-state index contributed by atoms with van der Waals surface area (Å²) in [6.45, 7) is 4.69. The standard InChI is InChI=1S/C15H20N4O2/c1-3-11-5-4-8-18(11)14(20)9-12-10(2)17-13-6-7-16-19(13)15(12)21/h6-7,11,16H,3-5,8-9H2,1-2H3. The lowest BCUT2D eigenvalue weighted by atomic mass is 10.1. The number of rotatable bonds is 3. The van der Waals surface area contributed by atoms with Crippen LogP contribution in [0.3, 0.4) is 0 Å². The first-order valence-electron chi connectivity index (χ1n) is 7.47. The summed E-state index contributed by atoms with van der Waals surface area (Å²) in [5.41, 5.74) is 1.53. The zero-order valence-corrected chi connectivity index (χ0v) is 12.4. The largest absolute Gasteiger partial charge is 0.339 e. The van der Waals surface area contributed by atoms with Crippen LogP contribution in [-0.4, -0.2) is 38.0 Å². The number of hydrogen-bond acceptors (Lipinski definition) is 3. The lowest BCUT2D eigenvalue weighted by Gasteiger charge is -2.23. The molecule has 0 spiro atoms. The van der Waals surface area contributed by atoms with E-state index in [1.807, 2.05) is 4.90 Å². The van der Waals surface area contributed by atoms with Crippen LogP contribution >= 0.6 is 0 Å². The van der Waals surface area contributed by atoms with E-state index in [0.29, 0.717) is 22.9 Å².